The van der Waals surface area contributed by atoms with Crippen LogP contribution in [0.5, 0.6) is 0 Å². The van der Waals surface area contributed by atoms with Crippen LogP contribution in [0.1, 0.15) is 23.4 Å². The Hall–Kier alpha value is -1.40. The number of imide groups is 1. The highest BCUT2D eigenvalue weighted by Gasteiger charge is 2.33. The zero-order chi connectivity index (χ0) is 13.4. The smallest absolute Gasteiger partial charge is 0.324 e. The maximum absolute atomic E-state index is 12.2. The van der Waals surface area contributed by atoms with E-state index < -0.39 is 0 Å². The lowest BCUT2D eigenvalue weighted by molar-refractivity contribution is -0.924. The highest BCUT2D eigenvalue weighted by Crippen LogP contribution is 2.24. The molecule has 1 aromatic rings. The van der Waals surface area contributed by atoms with E-state index in [-0.39, 0.29) is 11.9 Å². The van der Waals surface area contributed by atoms with Gasteiger partial charge in [0.05, 0.1) is 6.54 Å². The Morgan fingerprint density at radius 2 is 2.47 bits per heavy atom. The molecule has 0 bridgehead atoms. The van der Waals surface area contributed by atoms with Crippen molar-refractivity contribution in [2.75, 3.05) is 26.2 Å². The second kappa shape index (κ2) is 4.94. The number of fused-ring (bicyclic) bond motifs is 1. The minimum atomic E-state index is -0.245. The quantitative estimate of drug-likeness (QED) is 0.788. The van der Waals surface area contributed by atoms with E-state index in [0.717, 1.165) is 13.0 Å². The number of carbonyl (C=O) groups excluding carboxylic acids is 2. The first-order valence-electron chi connectivity index (χ1n) is 6.66. The third-order valence-corrected chi connectivity index (χ3v) is 5.06. The summed E-state index contributed by atoms with van der Waals surface area (Å²) in [5, 5.41) is 4.79. The Balaban J connectivity index is 1.68. The molecule has 6 heteroatoms. The summed E-state index contributed by atoms with van der Waals surface area (Å²) in [6.45, 7) is 4.62. The van der Waals surface area contributed by atoms with Crippen LogP contribution >= 0.6 is 11.3 Å². The molecule has 1 aromatic heterocycles. The average Bonchev–Trinajstić information content (AvgIpc) is 3.01. The van der Waals surface area contributed by atoms with Crippen molar-refractivity contribution in [3.8, 4) is 0 Å². The highest BCUT2D eigenvalue weighted by molar-refractivity contribution is 7.10. The fourth-order valence-corrected chi connectivity index (χ4v) is 3.87. The number of carbonyl (C=O) groups is 2. The van der Waals surface area contributed by atoms with Gasteiger partial charge in [0.15, 0.2) is 6.54 Å². The molecule has 0 saturated carbocycles. The SMILES string of the molecule is C[C@@H]1c2ccsc2CC[NH+]1CC(=O)N1CCNC1=O. The van der Waals surface area contributed by atoms with Crippen LogP contribution in [-0.2, 0) is 11.2 Å². The van der Waals surface area contributed by atoms with Gasteiger partial charge in [-0.3, -0.25) is 9.69 Å². The Labute approximate surface area is 116 Å². The maximum Gasteiger partial charge on any atom is 0.324 e. The van der Waals surface area contributed by atoms with Gasteiger partial charge < -0.3 is 10.2 Å². The van der Waals surface area contributed by atoms with Crippen LogP contribution < -0.4 is 10.2 Å². The normalized spacial score (nSPS) is 26.2. The molecule has 0 aliphatic carbocycles. The summed E-state index contributed by atoms with van der Waals surface area (Å²) in [5.74, 6) is -0.0597. The predicted molar refractivity (Wildman–Crippen MR) is 72.2 cm³/mol. The number of amides is 3. The van der Waals surface area contributed by atoms with Crippen LogP contribution in [0.3, 0.4) is 0 Å². The second-order valence-electron chi connectivity index (χ2n) is 5.13. The summed E-state index contributed by atoms with van der Waals surface area (Å²) in [7, 11) is 0. The molecule has 2 aliphatic heterocycles. The molecule has 3 rings (SSSR count). The minimum absolute atomic E-state index is 0.0597. The van der Waals surface area contributed by atoms with Crippen LogP contribution in [0, 0.1) is 0 Å². The lowest BCUT2D eigenvalue weighted by Gasteiger charge is -2.30. The van der Waals surface area contributed by atoms with Gasteiger partial charge in [-0.1, -0.05) is 0 Å². The highest BCUT2D eigenvalue weighted by atomic mass is 32.1. The number of urea groups is 1. The van der Waals surface area contributed by atoms with E-state index in [9.17, 15) is 9.59 Å². The summed E-state index contributed by atoms with van der Waals surface area (Å²) in [6, 6.07) is 2.26. The van der Waals surface area contributed by atoms with Crippen LogP contribution in [-0.4, -0.2) is 43.0 Å². The molecule has 19 heavy (non-hydrogen) atoms. The first kappa shape index (κ1) is 12.6. The maximum atomic E-state index is 12.2. The molecule has 3 amide bonds. The zero-order valence-corrected chi connectivity index (χ0v) is 11.8. The Morgan fingerprint density at radius 3 is 3.21 bits per heavy atom. The van der Waals surface area contributed by atoms with Gasteiger partial charge in [0.25, 0.3) is 5.91 Å². The lowest BCUT2D eigenvalue weighted by Crippen LogP contribution is -3.14. The number of rotatable bonds is 2. The molecule has 0 radical (unpaired) electrons. The summed E-state index contributed by atoms with van der Waals surface area (Å²) < 4.78 is 0. The van der Waals surface area contributed by atoms with Gasteiger partial charge in [0, 0.05) is 30.0 Å². The number of nitrogens with zero attached hydrogens (tertiary/aromatic N) is 1. The molecule has 3 heterocycles. The van der Waals surface area contributed by atoms with E-state index in [4.69, 9.17) is 0 Å². The molecule has 2 N–H and O–H groups in total. The predicted octanol–water partition coefficient (Wildman–Crippen LogP) is -0.198. The van der Waals surface area contributed by atoms with Gasteiger partial charge in [-0.2, -0.15) is 0 Å². The Bertz CT molecular complexity index is 514. The van der Waals surface area contributed by atoms with Crippen LogP contribution in [0.2, 0.25) is 0 Å². The van der Waals surface area contributed by atoms with E-state index in [1.54, 1.807) is 11.3 Å². The van der Waals surface area contributed by atoms with E-state index in [2.05, 4.69) is 23.7 Å². The monoisotopic (exact) mass is 280 g/mol. The van der Waals surface area contributed by atoms with Crippen molar-refractivity contribution in [1.82, 2.24) is 10.2 Å². The first-order valence-corrected chi connectivity index (χ1v) is 7.54. The molecule has 0 aromatic carbocycles. The molecule has 2 atom stereocenters. The molecular weight excluding hydrogens is 262 g/mol. The molecule has 102 valence electrons. The number of hydrogen-bond acceptors (Lipinski definition) is 3. The summed E-state index contributed by atoms with van der Waals surface area (Å²) >= 11 is 1.80. The van der Waals surface area contributed by atoms with E-state index >= 15 is 0 Å². The van der Waals surface area contributed by atoms with Crippen molar-refractivity contribution < 1.29 is 14.5 Å². The van der Waals surface area contributed by atoms with E-state index in [1.165, 1.54) is 20.2 Å². The number of hydrogen-bond donors (Lipinski definition) is 2. The Kier molecular flexibility index (Phi) is 3.28. The summed E-state index contributed by atoms with van der Waals surface area (Å²) in [4.78, 5) is 27.7. The van der Waals surface area contributed by atoms with Gasteiger partial charge in [-0.15, -0.1) is 11.3 Å². The fourth-order valence-electron chi connectivity index (χ4n) is 2.89. The van der Waals surface area contributed by atoms with Crippen molar-refractivity contribution in [3.05, 3.63) is 21.9 Å². The number of nitrogens with one attached hydrogen (secondary N) is 2. The third-order valence-electron chi connectivity index (χ3n) is 4.07. The van der Waals surface area contributed by atoms with Crippen LogP contribution in [0.4, 0.5) is 4.79 Å². The molecular formula is C13H18N3O2S+. The minimum Gasteiger partial charge on any atom is -0.336 e. The van der Waals surface area contributed by atoms with Gasteiger partial charge in [-0.25, -0.2) is 4.79 Å². The third kappa shape index (κ3) is 2.26. The van der Waals surface area contributed by atoms with Crippen molar-refractivity contribution in [2.24, 2.45) is 0 Å². The fraction of sp³-hybridized carbons (Fsp3) is 0.538. The standard InChI is InChI=1S/C13H17N3O2S/c1-9-10-3-7-19-11(10)2-5-15(9)8-12(17)16-6-4-14-13(16)18/h3,7,9H,2,4-6,8H2,1H3,(H,14,18)/p+1/t9-/m1/s1. The zero-order valence-electron chi connectivity index (χ0n) is 10.9. The van der Waals surface area contributed by atoms with Gasteiger partial charge in [0.1, 0.15) is 6.04 Å². The van der Waals surface area contributed by atoms with Crippen LogP contribution in [0.25, 0.3) is 0 Å². The average molecular weight is 280 g/mol. The van der Waals surface area contributed by atoms with Crippen molar-refractivity contribution in [3.63, 3.8) is 0 Å². The number of quaternary nitrogens is 1. The van der Waals surface area contributed by atoms with Crippen LogP contribution in [0.15, 0.2) is 11.4 Å². The molecule has 1 unspecified atom stereocenters. The number of thiophene rings is 1. The van der Waals surface area contributed by atoms with Gasteiger partial charge in [-0.05, 0) is 18.4 Å². The van der Waals surface area contributed by atoms with Gasteiger partial charge in [0.2, 0.25) is 0 Å². The van der Waals surface area contributed by atoms with Crippen molar-refractivity contribution >= 4 is 23.3 Å². The van der Waals surface area contributed by atoms with Crippen molar-refractivity contribution in [1.29, 1.82) is 0 Å². The lowest BCUT2D eigenvalue weighted by atomic mass is 10.0. The molecule has 2 aliphatic rings. The first-order chi connectivity index (χ1) is 9.16. The Morgan fingerprint density at radius 1 is 1.63 bits per heavy atom. The molecule has 1 fully saturated rings. The van der Waals surface area contributed by atoms with E-state index in [1.807, 2.05) is 0 Å². The summed E-state index contributed by atoms with van der Waals surface area (Å²) in [5.41, 5.74) is 1.37. The summed E-state index contributed by atoms with van der Waals surface area (Å²) in [6.07, 6.45) is 1.03. The molecule has 5 nitrogen and oxygen atoms in total. The van der Waals surface area contributed by atoms with Gasteiger partial charge >= 0.3 is 6.03 Å². The molecule has 1 saturated heterocycles. The topological polar surface area (TPSA) is 53.9 Å². The van der Waals surface area contributed by atoms with E-state index in [0.29, 0.717) is 25.7 Å². The largest absolute Gasteiger partial charge is 0.336 e. The second-order valence-corrected chi connectivity index (χ2v) is 6.13. The molecule has 0 spiro atoms. The van der Waals surface area contributed by atoms with Crippen molar-refractivity contribution in [2.45, 2.75) is 19.4 Å².